The summed E-state index contributed by atoms with van der Waals surface area (Å²) < 4.78 is 5.30. The molecule has 0 radical (unpaired) electrons. The zero-order valence-electron chi connectivity index (χ0n) is 11.6. The van der Waals surface area contributed by atoms with Crippen LogP contribution < -0.4 is 10.6 Å². The predicted molar refractivity (Wildman–Crippen MR) is 75.5 cm³/mol. The van der Waals surface area contributed by atoms with Gasteiger partial charge < -0.3 is 25.6 Å². The molecule has 1 amide bonds. The number of carbonyl (C=O) groups is 2. The summed E-state index contributed by atoms with van der Waals surface area (Å²) in [6.45, 7) is 3.51. The van der Waals surface area contributed by atoms with Crippen molar-refractivity contribution in [3.63, 3.8) is 0 Å². The van der Waals surface area contributed by atoms with Gasteiger partial charge in [-0.05, 0) is 18.7 Å². The molecule has 1 heterocycles. The van der Waals surface area contributed by atoms with Crippen molar-refractivity contribution in [3.8, 4) is 5.75 Å². The smallest absolute Gasteiger partial charge is 0.339 e. The number of carbonyl (C=O) groups excluding carboxylic acids is 1. The number of hydrogen-bond acceptors (Lipinski definition) is 5. The van der Waals surface area contributed by atoms with Gasteiger partial charge in [0.2, 0.25) is 5.91 Å². The number of amides is 1. The van der Waals surface area contributed by atoms with Crippen molar-refractivity contribution in [2.24, 2.45) is 5.92 Å². The summed E-state index contributed by atoms with van der Waals surface area (Å²) >= 11 is 0. The zero-order chi connectivity index (χ0) is 15.4. The first-order chi connectivity index (χ1) is 10.0. The number of likely N-dealkylation sites (N-methyl/N-ethyl adjacent to an activating group) is 1. The van der Waals surface area contributed by atoms with Crippen molar-refractivity contribution in [2.45, 2.75) is 13.0 Å². The van der Waals surface area contributed by atoms with Gasteiger partial charge >= 0.3 is 5.97 Å². The Morgan fingerprint density at radius 3 is 2.76 bits per heavy atom. The molecule has 1 saturated heterocycles. The van der Waals surface area contributed by atoms with Crippen molar-refractivity contribution in [1.82, 2.24) is 5.32 Å². The summed E-state index contributed by atoms with van der Waals surface area (Å²) in [4.78, 5) is 23.0. The third-order valence-corrected chi connectivity index (χ3v) is 3.38. The van der Waals surface area contributed by atoms with Crippen LogP contribution >= 0.6 is 0 Å². The Morgan fingerprint density at radius 1 is 1.38 bits per heavy atom. The molecule has 21 heavy (non-hydrogen) atoms. The predicted octanol–water partition coefficient (Wildman–Crippen LogP) is 0.653. The van der Waals surface area contributed by atoms with Crippen LogP contribution in [0.1, 0.15) is 17.3 Å². The highest BCUT2D eigenvalue weighted by molar-refractivity contribution is 5.95. The molecular formula is C14H18N2O5. The van der Waals surface area contributed by atoms with Gasteiger partial charge in [0, 0.05) is 17.8 Å². The molecule has 1 aromatic carbocycles. The number of nitrogens with one attached hydrogen (secondary N) is 2. The van der Waals surface area contributed by atoms with Gasteiger partial charge in [-0.1, -0.05) is 6.92 Å². The molecule has 0 aliphatic carbocycles. The third-order valence-electron chi connectivity index (χ3n) is 3.38. The minimum atomic E-state index is -1.22. The first-order valence-corrected chi connectivity index (χ1v) is 6.71. The molecule has 0 bridgehead atoms. The maximum Gasteiger partial charge on any atom is 0.339 e. The average molecular weight is 294 g/mol. The highest BCUT2D eigenvalue weighted by atomic mass is 16.5. The molecule has 114 valence electrons. The summed E-state index contributed by atoms with van der Waals surface area (Å²) in [5, 5.41) is 24.3. The van der Waals surface area contributed by atoms with Gasteiger partial charge in [0.15, 0.2) is 0 Å². The van der Waals surface area contributed by atoms with E-state index in [-0.39, 0.29) is 29.2 Å². The summed E-state index contributed by atoms with van der Waals surface area (Å²) in [5.41, 5.74) is 0.146. The van der Waals surface area contributed by atoms with Crippen molar-refractivity contribution in [2.75, 3.05) is 25.1 Å². The molecule has 0 aromatic heterocycles. The van der Waals surface area contributed by atoms with E-state index >= 15 is 0 Å². The lowest BCUT2D eigenvalue weighted by molar-refractivity contribution is -0.120. The van der Waals surface area contributed by atoms with Crippen molar-refractivity contribution >= 4 is 17.6 Å². The van der Waals surface area contributed by atoms with Gasteiger partial charge in [-0.25, -0.2) is 4.79 Å². The van der Waals surface area contributed by atoms with Crippen LogP contribution in [0.15, 0.2) is 18.2 Å². The maximum absolute atomic E-state index is 12.2. The fraction of sp³-hybridized carbons (Fsp3) is 0.429. The maximum atomic E-state index is 12.2. The Bertz CT molecular complexity index is 546. The number of rotatable bonds is 5. The largest absolute Gasteiger partial charge is 0.507 e. The molecule has 1 aromatic rings. The van der Waals surface area contributed by atoms with Gasteiger partial charge in [-0.2, -0.15) is 0 Å². The number of carboxylic acid groups (broad SMARTS) is 1. The first-order valence-electron chi connectivity index (χ1n) is 6.71. The Morgan fingerprint density at radius 2 is 2.14 bits per heavy atom. The van der Waals surface area contributed by atoms with Gasteiger partial charge in [0.25, 0.3) is 0 Å². The zero-order valence-corrected chi connectivity index (χ0v) is 11.6. The molecule has 4 N–H and O–H groups in total. The number of anilines is 1. The molecular weight excluding hydrogens is 276 g/mol. The lowest BCUT2D eigenvalue weighted by Crippen LogP contribution is -2.41. The normalized spacial score (nSPS) is 21.2. The number of ether oxygens (including phenoxy) is 1. The van der Waals surface area contributed by atoms with Crippen LogP contribution in [0.3, 0.4) is 0 Å². The van der Waals surface area contributed by atoms with Crippen LogP contribution in [0.2, 0.25) is 0 Å². The van der Waals surface area contributed by atoms with Gasteiger partial charge in [-0.15, -0.1) is 0 Å². The van der Waals surface area contributed by atoms with E-state index in [0.717, 1.165) is 6.54 Å². The summed E-state index contributed by atoms with van der Waals surface area (Å²) in [7, 11) is 0. The number of aromatic carboxylic acids is 1. The van der Waals surface area contributed by atoms with E-state index in [0.29, 0.717) is 18.9 Å². The second kappa shape index (κ2) is 6.55. The lowest BCUT2D eigenvalue weighted by atomic mass is 10.0. The molecule has 1 aliphatic heterocycles. The van der Waals surface area contributed by atoms with Crippen LogP contribution in [0.4, 0.5) is 5.69 Å². The second-order valence-corrected chi connectivity index (χ2v) is 4.83. The third kappa shape index (κ3) is 3.50. The van der Waals surface area contributed by atoms with Crippen LogP contribution in [0.25, 0.3) is 0 Å². The Labute approximate surface area is 121 Å². The fourth-order valence-electron chi connectivity index (χ4n) is 2.30. The SMILES string of the molecule is CCNC1COCC1C(=O)Nc1ccc(C(=O)O)c(O)c1. The average Bonchev–Trinajstić information content (AvgIpc) is 2.87. The van der Waals surface area contributed by atoms with Crippen LogP contribution in [-0.4, -0.2) is 47.9 Å². The number of aromatic hydroxyl groups is 1. The number of phenols is 1. The van der Waals surface area contributed by atoms with E-state index in [1.54, 1.807) is 0 Å². The van der Waals surface area contributed by atoms with Crippen LogP contribution in [0.5, 0.6) is 5.75 Å². The van der Waals surface area contributed by atoms with E-state index in [1.807, 2.05) is 6.92 Å². The van der Waals surface area contributed by atoms with E-state index in [9.17, 15) is 14.7 Å². The summed E-state index contributed by atoms with van der Waals surface area (Å²) in [6, 6.07) is 3.88. The molecule has 1 aliphatic rings. The van der Waals surface area contributed by atoms with E-state index in [4.69, 9.17) is 9.84 Å². The van der Waals surface area contributed by atoms with E-state index in [2.05, 4.69) is 10.6 Å². The summed E-state index contributed by atoms with van der Waals surface area (Å²) in [5.74, 6) is -2.14. The second-order valence-electron chi connectivity index (χ2n) is 4.83. The minimum Gasteiger partial charge on any atom is -0.507 e. The molecule has 0 spiro atoms. The molecule has 2 atom stereocenters. The molecule has 1 fully saturated rings. The van der Waals surface area contributed by atoms with Crippen LogP contribution in [0, 0.1) is 5.92 Å². The topological polar surface area (TPSA) is 108 Å². The Kier molecular flexibility index (Phi) is 4.77. The summed E-state index contributed by atoms with van der Waals surface area (Å²) in [6.07, 6.45) is 0. The van der Waals surface area contributed by atoms with Crippen LogP contribution in [-0.2, 0) is 9.53 Å². The lowest BCUT2D eigenvalue weighted by Gasteiger charge is -2.18. The standard InChI is InChI=1S/C14H18N2O5/c1-2-15-11-7-21-6-10(11)13(18)16-8-3-4-9(14(19)20)12(17)5-8/h3-5,10-11,15,17H,2,6-7H2,1H3,(H,16,18)(H,19,20). The molecule has 7 heteroatoms. The van der Waals surface area contributed by atoms with Gasteiger partial charge in [-0.3, -0.25) is 4.79 Å². The fourth-order valence-corrected chi connectivity index (χ4v) is 2.30. The van der Waals surface area contributed by atoms with Gasteiger partial charge in [0.05, 0.1) is 19.1 Å². The Hall–Kier alpha value is -2.12. The van der Waals surface area contributed by atoms with E-state index in [1.165, 1.54) is 18.2 Å². The highest BCUT2D eigenvalue weighted by Gasteiger charge is 2.33. The van der Waals surface area contributed by atoms with Crippen molar-refractivity contribution < 1.29 is 24.5 Å². The van der Waals surface area contributed by atoms with Crippen molar-refractivity contribution in [1.29, 1.82) is 0 Å². The highest BCUT2D eigenvalue weighted by Crippen LogP contribution is 2.23. The van der Waals surface area contributed by atoms with Crippen molar-refractivity contribution in [3.05, 3.63) is 23.8 Å². The molecule has 2 unspecified atom stereocenters. The molecule has 7 nitrogen and oxygen atoms in total. The molecule has 2 rings (SSSR count). The number of benzene rings is 1. The van der Waals surface area contributed by atoms with E-state index < -0.39 is 5.97 Å². The number of hydrogen-bond donors (Lipinski definition) is 4. The Balaban J connectivity index is 2.06. The minimum absolute atomic E-state index is 0.0399. The molecule has 0 saturated carbocycles. The first kappa shape index (κ1) is 15.3. The van der Waals surface area contributed by atoms with Gasteiger partial charge in [0.1, 0.15) is 11.3 Å². The quantitative estimate of drug-likeness (QED) is 0.635. The number of carboxylic acids is 1. The monoisotopic (exact) mass is 294 g/mol.